The summed E-state index contributed by atoms with van der Waals surface area (Å²) >= 11 is 0. The SMILES string of the molecule is CC(=O)[C@@H](NC(=O)c1ccc(C#CC#CC2CN2C(C)=O)cc1)[C@](C)(O)C(F)F. The summed E-state index contributed by atoms with van der Waals surface area (Å²) < 4.78 is 26.0. The minimum Gasteiger partial charge on any atom is -0.382 e. The van der Waals surface area contributed by atoms with Gasteiger partial charge in [-0.15, -0.1) is 0 Å². The fourth-order valence-electron chi connectivity index (χ4n) is 2.54. The molecule has 0 radical (unpaired) electrons. The highest BCUT2D eigenvalue weighted by molar-refractivity contribution is 5.98. The molecule has 0 bridgehead atoms. The van der Waals surface area contributed by atoms with Gasteiger partial charge in [0.15, 0.2) is 5.78 Å². The molecule has 1 aromatic carbocycles. The zero-order valence-corrected chi connectivity index (χ0v) is 16.1. The Morgan fingerprint density at radius 2 is 1.83 bits per heavy atom. The number of halogens is 2. The number of nitrogens with one attached hydrogen (secondary N) is 1. The van der Waals surface area contributed by atoms with Crippen molar-refractivity contribution in [3.8, 4) is 23.7 Å². The van der Waals surface area contributed by atoms with Crippen LogP contribution in [0, 0.1) is 23.7 Å². The summed E-state index contributed by atoms with van der Waals surface area (Å²) in [7, 11) is 0. The quantitative estimate of drug-likeness (QED) is 0.568. The lowest BCUT2D eigenvalue weighted by Gasteiger charge is -2.30. The Kier molecular flexibility index (Phi) is 6.73. The third kappa shape index (κ3) is 5.63. The van der Waals surface area contributed by atoms with E-state index in [1.165, 1.54) is 31.2 Å². The average molecular weight is 402 g/mol. The van der Waals surface area contributed by atoms with Gasteiger partial charge in [-0.2, -0.15) is 0 Å². The highest BCUT2D eigenvalue weighted by Crippen LogP contribution is 2.21. The first kappa shape index (κ1) is 22.1. The van der Waals surface area contributed by atoms with Gasteiger partial charge in [0.2, 0.25) is 5.91 Å². The van der Waals surface area contributed by atoms with Gasteiger partial charge < -0.3 is 15.3 Å². The van der Waals surface area contributed by atoms with E-state index in [0.717, 1.165) is 13.8 Å². The van der Waals surface area contributed by atoms with E-state index in [-0.39, 0.29) is 17.5 Å². The Balaban J connectivity index is 2.02. The lowest BCUT2D eigenvalue weighted by molar-refractivity contribution is -0.138. The molecule has 0 aromatic heterocycles. The van der Waals surface area contributed by atoms with Crippen molar-refractivity contribution in [1.82, 2.24) is 10.2 Å². The predicted molar refractivity (Wildman–Crippen MR) is 101 cm³/mol. The van der Waals surface area contributed by atoms with E-state index in [4.69, 9.17) is 0 Å². The van der Waals surface area contributed by atoms with Crippen LogP contribution in [0.1, 0.15) is 36.7 Å². The summed E-state index contributed by atoms with van der Waals surface area (Å²) in [5, 5.41) is 12.0. The van der Waals surface area contributed by atoms with Gasteiger partial charge in [-0.05, 0) is 50.0 Å². The summed E-state index contributed by atoms with van der Waals surface area (Å²) in [5.74, 6) is 9.34. The number of Topliss-reactive ketones (excluding diaryl/α,β-unsaturated/α-hetero) is 1. The Hall–Kier alpha value is -3.23. The summed E-state index contributed by atoms with van der Waals surface area (Å²) in [6, 6.07) is 4.07. The van der Waals surface area contributed by atoms with Gasteiger partial charge in [-0.3, -0.25) is 14.4 Å². The first-order valence-electron chi connectivity index (χ1n) is 8.74. The second-order valence-corrected chi connectivity index (χ2v) is 6.83. The molecule has 0 saturated carbocycles. The Bertz CT molecular complexity index is 933. The van der Waals surface area contributed by atoms with Crippen molar-refractivity contribution in [2.24, 2.45) is 0 Å². The molecule has 6 nitrogen and oxygen atoms in total. The summed E-state index contributed by atoms with van der Waals surface area (Å²) in [5.41, 5.74) is -2.00. The lowest BCUT2D eigenvalue weighted by Crippen LogP contribution is -2.58. The molecule has 8 heteroatoms. The number of benzene rings is 1. The number of aliphatic hydroxyl groups is 1. The largest absolute Gasteiger partial charge is 0.382 e. The fourth-order valence-corrected chi connectivity index (χ4v) is 2.54. The predicted octanol–water partition coefficient (Wildman–Crippen LogP) is 0.976. The van der Waals surface area contributed by atoms with E-state index in [1.807, 2.05) is 0 Å². The average Bonchev–Trinajstić information content (AvgIpc) is 3.43. The molecular formula is C21H20F2N2O4. The Morgan fingerprint density at radius 1 is 1.21 bits per heavy atom. The summed E-state index contributed by atoms with van der Waals surface area (Å²) in [6.07, 6.45) is -3.21. The van der Waals surface area contributed by atoms with Crippen LogP contribution in [-0.2, 0) is 9.59 Å². The third-order valence-corrected chi connectivity index (χ3v) is 4.38. The van der Waals surface area contributed by atoms with Crippen molar-refractivity contribution < 1.29 is 28.3 Å². The molecule has 2 amide bonds. The number of alkyl halides is 2. The van der Waals surface area contributed by atoms with Gasteiger partial charge in [0.05, 0.1) is 6.54 Å². The van der Waals surface area contributed by atoms with Crippen molar-refractivity contribution in [2.45, 2.75) is 44.9 Å². The van der Waals surface area contributed by atoms with Crippen LogP contribution < -0.4 is 5.32 Å². The molecule has 2 N–H and O–H groups in total. The van der Waals surface area contributed by atoms with Gasteiger partial charge in [-0.1, -0.05) is 11.8 Å². The van der Waals surface area contributed by atoms with E-state index >= 15 is 0 Å². The minimum absolute atomic E-state index is 0.0341. The van der Waals surface area contributed by atoms with Crippen LogP contribution in [0.4, 0.5) is 8.78 Å². The maximum Gasteiger partial charge on any atom is 0.269 e. The monoisotopic (exact) mass is 402 g/mol. The van der Waals surface area contributed by atoms with Crippen LogP contribution >= 0.6 is 0 Å². The number of ketones is 1. The molecule has 1 fully saturated rings. The molecule has 0 aliphatic carbocycles. The van der Waals surface area contributed by atoms with Crippen LogP contribution in [-0.4, -0.2) is 58.3 Å². The molecule has 152 valence electrons. The molecule has 1 unspecified atom stereocenters. The smallest absolute Gasteiger partial charge is 0.269 e. The second kappa shape index (κ2) is 8.85. The fraction of sp³-hybridized carbons (Fsp3) is 0.381. The van der Waals surface area contributed by atoms with E-state index in [2.05, 4.69) is 29.0 Å². The standard InChI is InChI=1S/C21H20F2N2O4/c1-13(26)18(21(3,29)20(22)23)24-19(28)16-10-8-15(9-11-16)6-4-5-7-17-12-25(17)14(2)27/h8-11,17-18,20,29H,12H2,1-3H3,(H,24,28)/t17?,18-,21+,25?/m1/s1. The van der Waals surface area contributed by atoms with E-state index in [0.29, 0.717) is 12.1 Å². The number of amides is 2. The molecule has 0 spiro atoms. The lowest BCUT2D eigenvalue weighted by atomic mass is 9.93. The Morgan fingerprint density at radius 3 is 2.31 bits per heavy atom. The first-order valence-corrected chi connectivity index (χ1v) is 8.74. The van der Waals surface area contributed by atoms with Crippen LogP contribution in [0.15, 0.2) is 24.3 Å². The van der Waals surface area contributed by atoms with Crippen molar-refractivity contribution in [3.05, 3.63) is 35.4 Å². The maximum absolute atomic E-state index is 13.0. The van der Waals surface area contributed by atoms with Crippen molar-refractivity contribution in [1.29, 1.82) is 0 Å². The van der Waals surface area contributed by atoms with Crippen molar-refractivity contribution in [3.63, 3.8) is 0 Å². The Labute approximate surface area is 167 Å². The van der Waals surface area contributed by atoms with Crippen LogP contribution in [0.2, 0.25) is 0 Å². The molecule has 29 heavy (non-hydrogen) atoms. The zero-order chi connectivity index (χ0) is 21.8. The van der Waals surface area contributed by atoms with Crippen LogP contribution in [0.25, 0.3) is 0 Å². The number of hydrogen-bond acceptors (Lipinski definition) is 4. The maximum atomic E-state index is 13.0. The molecule has 1 saturated heterocycles. The molecule has 1 aliphatic rings. The highest BCUT2D eigenvalue weighted by Gasteiger charge is 2.44. The minimum atomic E-state index is -3.21. The number of carbonyl (C=O) groups excluding carboxylic acids is 3. The van der Waals surface area contributed by atoms with E-state index in [9.17, 15) is 28.3 Å². The number of hydrogen-bond donors (Lipinski definition) is 2. The molecular weight excluding hydrogens is 382 g/mol. The van der Waals surface area contributed by atoms with Gasteiger partial charge in [0.25, 0.3) is 12.3 Å². The molecule has 1 aromatic rings. The van der Waals surface area contributed by atoms with E-state index < -0.39 is 29.8 Å². The highest BCUT2D eigenvalue weighted by atomic mass is 19.3. The van der Waals surface area contributed by atoms with Gasteiger partial charge in [-0.25, -0.2) is 8.78 Å². The van der Waals surface area contributed by atoms with Gasteiger partial charge in [0, 0.05) is 18.1 Å². The summed E-state index contributed by atoms with van der Waals surface area (Å²) in [4.78, 5) is 36.5. The third-order valence-electron chi connectivity index (χ3n) is 4.38. The first-order chi connectivity index (χ1) is 13.5. The normalized spacial score (nSPS) is 17.8. The number of rotatable bonds is 5. The zero-order valence-electron chi connectivity index (χ0n) is 16.1. The van der Waals surface area contributed by atoms with Crippen LogP contribution in [0.5, 0.6) is 0 Å². The molecule has 2 rings (SSSR count). The molecule has 1 aliphatic heterocycles. The number of carbonyl (C=O) groups is 3. The number of nitrogens with zero attached hydrogens (tertiary/aromatic N) is 1. The second-order valence-electron chi connectivity index (χ2n) is 6.83. The molecule has 3 atom stereocenters. The van der Waals surface area contributed by atoms with Crippen LogP contribution in [0.3, 0.4) is 0 Å². The van der Waals surface area contributed by atoms with E-state index in [1.54, 1.807) is 4.90 Å². The van der Waals surface area contributed by atoms with Crippen molar-refractivity contribution >= 4 is 17.6 Å². The van der Waals surface area contributed by atoms with Gasteiger partial charge >= 0.3 is 0 Å². The summed E-state index contributed by atoms with van der Waals surface area (Å²) in [6.45, 7) is 3.88. The van der Waals surface area contributed by atoms with Gasteiger partial charge in [0.1, 0.15) is 17.7 Å². The van der Waals surface area contributed by atoms with Crippen molar-refractivity contribution in [2.75, 3.05) is 6.54 Å². The molecule has 1 heterocycles. The topological polar surface area (TPSA) is 86.5 Å².